The smallest absolute Gasteiger partial charge is 0.0671 e. The lowest BCUT2D eigenvalue weighted by atomic mass is 9.97. The molecule has 1 aromatic carbocycles. The van der Waals surface area contributed by atoms with Crippen LogP contribution in [-0.4, -0.2) is 23.1 Å². The SMILES string of the molecule is CCNN1CCCCC1c1nccc2ccccc12.Cl.Cl. The second kappa shape index (κ2) is 8.54. The largest absolute Gasteiger partial charge is 0.259 e. The van der Waals surface area contributed by atoms with Crippen LogP contribution in [0.4, 0.5) is 0 Å². The van der Waals surface area contributed by atoms with Gasteiger partial charge in [-0.15, -0.1) is 24.8 Å². The van der Waals surface area contributed by atoms with Gasteiger partial charge in [-0.2, -0.15) is 0 Å². The van der Waals surface area contributed by atoms with Crippen molar-refractivity contribution in [3.63, 3.8) is 0 Å². The molecule has 1 aliphatic heterocycles. The summed E-state index contributed by atoms with van der Waals surface area (Å²) in [7, 11) is 0. The monoisotopic (exact) mass is 327 g/mol. The zero-order valence-corrected chi connectivity index (χ0v) is 13.9. The van der Waals surface area contributed by atoms with Gasteiger partial charge in [0.25, 0.3) is 0 Å². The topological polar surface area (TPSA) is 28.2 Å². The number of aromatic nitrogens is 1. The third kappa shape index (κ3) is 3.86. The Morgan fingerprint density at radius 3 is 2.81 bits per heavy atom. The molecule has 21 heavy (non-hydrogen) atoms. The van der Waals surface area contributed by atoms with E-state index in [-0.39, 0.29) is 24.8 Å². The molecule has 0 aliphatic carbocycles. The van der Waals surface area contributed by atoms with Crippen molar-refractivity contribution in [3.05, 3.63) is 42.2 Å². The summed E-state index contributed by atoms with van der Waals surface area (Å²) < 4.78 is 0. The summed E-state index contributed by atoms with van der Waals surface area (Å²) in [6, 6.07) is 11.1. The van der Waals surface area contributed by atoms with Gasteiger partial charge in [0.05, 0.1) is 11.7 Å². The number of fused-ring (bicyclic) bond motifs is 1. The fourth-order valence-electron chi connectivity index (χ4n) is 3.02. The van der Waals surface area contributed by atoms with Gasteiger partial charge in [-0.3, -0.25) is 10.4 Å². The van der Waals surface area contributed by atoms with E-state index in [0.29, 0.717) is 6.04 Å². The van der Waals surface area contributed by atoms with Gasteiger partial charge in [-0.05, 0) is 24.3 Å². The molecule has 0 amide bonds. The third-order valence-electron chi connectivity index (χ3n) is 3.88. The van der Waals surface area contributed by atoms with Crippen LogP contribution >= 0.6 is 24.8 Å². The van der Waals surface area contributed by atoms with E-state index in [1.165, 1.54) is 35.7 Å². The van der Waals surface area contributed by atoms with Crippen LogP contribution in [0.3, 0.4) is 0 Å². The molecule has 0 spiro atoms. The van der Waals surface area contributed by atoms with Crippen LogP contribution in [0.15, 0.2) is 36.5 Å². The Hall–Kier alpha value is -0.870. The Morgan fingerprint density at radius 1 is 1.19 bits per heavy atom. The first kappa shape index (κ1) is 18.2. The van der Waals surface area contributed by atoms with Crippen molar-refractivity contribution in [2.24, 2.45) is 0 Å². The molecule has 3 rings (SSSR count). The van der Waals surface area contributed by atoms with Crippen molar-refractivity contribution in [2.75, 3.05) is 13.1 Å². The molecular formula is C16H23Cl2N3. The highest BCUT2D eigenvalue weighted by Gasteiger charge is 2.25. The first-order chi connectivity index (χ1) is 9.40. The van der Waals surface area contributed by atoms with Crippen molar-refractivity contribution in [3.8, 4) is 0 Å². The van der Waals surface area contributed by atoms with Crippen LogP contribution in [-0.2, 0) is 0 Å². The highest BCUT2D eigenvalue weighted by Crippen LogP contribution is 2.32. The van der Waals surface area contributed by atoms with Crippen LogP contribution in [0, 0.1) is 0 Å². The predicted molar refractivity (Wildman–Crippen MR) is 93.2 cm³/mol. The van der Waals surface area contributed by atoms with E-state index in [4.69, 9.17) is 0 Å². The molecule has 0 radical (unpaired) electrons. The maximum Gasteiger partial charge on any atom is 0.0671 e. The predicted octanol–water partition coefficient (Wildman–Crippen LogP) is 4.13. The summed E-state index contributed by atoms with van der Waals surface area (Å²) >= 11 is 0. The van der Waals surface area contributed by atoms with Gasteiger partial charge in [-0.1, -0.05) is 37.6 Å². The number of hydrazine groups is 1. The second-order valence-electron chi connectivity index (χ2n) is 5.13. The lowest BCUT2D eigenvalue weighted by Crippen LogP contribution is -2.44. The molecule has 0 bridgehead atoms. The molecule has 0 saturated carbocycles. The Labute approximate surface area is 138 Å². The molecule has 1 aliphatic rings. The molecule has 1 saturated heterocycles. The van der Waals surface area contributed by atoms with Crippen LogP contribution in [0.5, 0.6) is 0 Å². The van der Waals surface area contributed by atoms with E-state index in [1.54, 1.807) is 0 Å². The first-order valence-corrected chi connectivity index (χ1v) is 7.24. The summed E-state index contributed by atoms with van der Waals surface area (Å²) in [5, 5.41) is 4.95. The van der Waals surface area contributed by atoms with Gasteiger partial charge in [0, 0.05) is 24.7 Å². The van der Waals surface area contributed by atoms with Crippen LogP contribution in [0.2, 0.25) is 0 Å². The normalized spacial score (nSPS) is 18.8. The maximum absolute atomic E-state index is 4.68. The zero-order valence-electron chi connectivity index (χ0n) is 12.3. The maximum atomic E-state index is 4.68. The van der Waals surface area contributed by atoms with E-state index < -0.39 is 0 Å². The van der Waals surface area contributed by atoms with E-state index in [0.717, 1.165) is 13.1 Å². The highest BCUT2D eigenvalue weighted by atomic mass is 35.5. The number of halogens is 2. The molecule has 1 N–H and O–H groups in total. The third-order valence-corrected chi connectivity index (χ3v) is 3.88. The summed E-state index contributed by atoms with van der Waals surface area (Å²) in [6.07, 6.45) is 5.69. The van der Waals surface area contributed by atoms with E-state index in [2.05, 4.69) is 52.7 Å². The fraction of sp³-hybridized carbons (Fsp3) is 0.438. The van der Waals surface area contributed by atoms with E-state index in [9.17, 15) is 0 Å². The van der Waals surface area contributed by atoms with Crippen LogP contribution in [0.25, 0.3) is 10.8 Å². The summed E-state index contributed by atoms with van der Waals surface area (Å²) in [6.45, 7) is 4.24. The minimum Gasteiger partial charge on any atom is -0.259 e. The van der Waals surface area contributed by atoms with Crippen LogP contribution < -0.4 is 5.43 Å². The van der Waals surface area contributed by atoms with Gasteiger partial charge in [0.2, 0.25) is 0 Å². The number of piperidine rings is 1. The van der Waals surface area contributed by atoms with Gasteiger partial charge in [0.1, 0.15) is 0 Å². The lowest BCUT2D eigenvalue weighted by Gasteiger charge is -2.35. The number of rotatable bonds is 3. The number of benzene rings is 1. The minimum atomic E-state index is 0. The number of pyridine rings is 1. The highest BCUT2D eigenvalue weighted by molar-refractivity contribution is 5.86. The molecule has 116 valence electrons. The molecule has 3 nitrogen and oxygen atoms in total. The summed E-state index contributed by atoms with van der Waals surface area (Å²) in [4.78, 5) is 4.68. The Morgan fingerprint density at radius 2 is 2.00 bits per heavy atom. The van der Waals surface area contributed by atoms with Crippen LogP contribution in [0.1, 0.15) is 37.9 Å². The van der Waals surface area contributed by atoms with Gasteiger partial charge in [0.15, 0.2) is 0 Å². The van der Waals surface area contributed by atoms with Crippen molar-refractivity contribution in [2.45, 2.75) is 32.2 Å². The number of hydrogen-bond donors (Lipinski definition) is 1. The Bertz CT molecular complexity index is 555. The molecule has 1 aromatic heterocycles. The molecule has 2 heterocycles. The van der Waals surface area contributed by atoms with Gasteiger partial charge < -0.3 is 0 Å². The quantitative estimate of drug-likeness (QED) is 0.918. The summed E-state index contributed by atoms with van der Waals surface area (Å²) in [5.41, 5.74) is 4.71. The van der Waals surface area contributed by atoms with Crippen molar-refractivity contribution in [1.29, 1.82) is 0 Å². The fourth-order valence-corrected chi connectivity index (χ4v) is 3.02. The molecule has 2 aromatic rings. The number of nitrogens with zero attached hydrogens (tertiary/aromatic N) is 2. The minimum absolute atomic E-state index is 0. The average Bonchev–Trinajstić information content (AvgIpc) is 2.48. The van der Waals surface area contributed by atoms with Crippen molar-refractivity contribution < 1.29 is 0 Å². The van der Waals surface area contributed by atoms with Gasteiger partial charge >= 0.3 is 0 Å². The van der Waals surface area contributed by atoms with E-state index in [1.807, 2.05) is 6.20 Å². The Kier molecular flexibility index (Phi) is 7.40. The molecule has 1 fully saturated rings. The Balaban J connectivity index is 0.00000110. The standard InChI is InChI=1S/C16H21N3.2ClH/c1-2-18-19-12-6-5-9-15(19)16-14-8-4-3-7-13(14)10-11-17-16;;/h3-4,7-8,10-11,15,18H,2,5-6,9,12H2,1H3;2*1H. The molecular weight excluding hydrogens is 305 g/mol. The average molecular weight is 328 g/mol. The molecule has 1 unspecified atom stereocenters. The number of hydrogen-bond acceptors (Lipinski definition) is 3. The summed E-state index contributed by atoms with van der Waals surface area (Å²) in [5.74, 6) is 0. The lowest BCUT2D eigenvalue weighted by molar-refractivity contribution is 0.0869. The van der Waals surface area contributed by atoms with Gasteiger partial charge in [-0.25, -0.2) is 5.01 Å². The van der Waals surface area contributed by atoms with Crippen molar-refractivity contribution >= 4 is 35.6 Å². The van der Waals surface area contributed by atoms with E-state index >= 15 is 0 Å². The first-order valence-electron chi connectivity index (χ1n) is 7.24. The molecule has 5 heteroatoms. The van der Waals surface area contributed by atoms with Crippen molar-refractivity contribution in [1.82, 2.24) is 15.4 Å². The zero-order chi connectivity index (χ0) is 13.1. The molecule has 1 atom stereocenters. The number of nitrogens with one attached hydrogen (secondary N) is 1. The second-order valence-corrected chi connectivity index (χ2v) is 5.13.